The van der Waals surface area contributed by atoms with Crippen molar-refractivity contribution < 1.29 is 9.53 Å². The molecule has 1 aliphatic heterocycles. The third-order valence-corrected chi connectivity index (χ3v) is 7.35. The van der Waals surface area contributed by atoms with Crippen LogP contribution in [0, 0.1) is 13.8 Å². The minimum Gasteiger partial charge on any atom is -0.489 e. The molecule has 0 saturated carbocycles. The Kier molecular flexibility index (Phi) is 5.34. The molecular weight excluding hydrogens is 456 g/mol. The van der Waals surface area contributed by atoms with Gasteiger partial charge in [-0.2, -0.15) is 9.78 Å². The minimum absolute atomic E-state index is 0.0236. The van der Waals surface area contributed by atoms with Crippen molar-refractivity contribution in [1.82, 2.24) is 14.8 Å². The van der Waals surface area contributed by atoms with Gasteiger partial charge in [-0.25, -0.2) is 4.98 Å². The lowest BCUT2D eigenvalue weighted by Gasteiger charge is -2.24. The number of fused-ring (bicyclic) bond motifs is 2. The molecule has 0 radical (unpaired) electrons. The number of amides is 1. The van der Waals surface area contributed by atoms with E-state index in [9.17, 15) is 4.79 Å². The first-order valence-corrected chi connectivity index (χ1v) is 12.4. The zero-order valence-corrected chi connectivity index (χ0v) is 20.3. The van der Waals surface area contributed by atoms with E-state index in [2.05, 4.69) is 30.4 Å². The fourth-order valence-electron chi connectivity index (χ4n) is 4.69. The van der Waals surface area contributed by atoms with E-state index in [1.54, 1.807) is 16.0 Å². The van der Waals surface area contributed by atoms with Gasteiger partial charge in [0.15, 0.2) is 0 Å². The number of anilines is 1. The summed E-state index contributed by atoms with van der Waals surface area (Å²) in [6.45, 7) is 4.59. The number of ether oxygens (including phenoxy) is 1. The average molecular weight is 481 g/mol. The maximum absolute atomic E-state index is 12.7. The Bertz CT molecular complexity index is 1520. The van der Waals surface area contributed by atoms with Crippen LogP contribution in [0.15, 0.2) is 72.8 Å². The van der Waals surface area contributed by atoms with Crippen molar-refractivity contribution in [1.29, 1.82) is 0 Å². The summed E-state index contributed by atoms with van der Waals surface area (Å²) in [4.78, 5) is 17.5. The predicted molar refractivity (Wildman–Crippen MR) is 139 cm³/mol. The van der Waals surface area contributed by atoms with E-state index in [4.69, 9.17) is 14.8 Å². The van der Waals surface area contributed by atoms with Gasteiger partial charge in [-0.15, -0.1) is 0 Å². The molecule has 5 aromatic rings. The van der Waals surface area contributed by atoms with Crippen LogP contribution in [0.3, 0.4) is 0 Å². The number of carbonyl (C=O) groups excluding carboxylic acids is 1. The van der Waals surface area contributed by atoms with Crippen LogP contribution < -0.4 is 10.1 Å². The summed E-state index contributed by atoms with van der Waals surface area (Å²) in [5.74, 6) is 1.41. The monoisotopic (exact) mass is 480 g/mol. The minimum atomic E-state index is -0.0762. The molecule has 2 aromatic heterocycles. The Morgan fingerprint density at radius 2 is 1.89 bits per heavy atom. The topological polar surface area (TPSA) is 69.0 Å². The lowest BCUT2D eigenvalue weighted by atomic mass is 9.86. The highest BCUT2D eigenvalue weighted by molar-refractivity contribution is 7.20. The number of carbonyl (C=O) groups is 1. The smallest absolute Gasteiger partial charge is 0.226 e. The summed E-state index contributed by atoms with van der Waals surface area (Å²) < 4.78 is 8.86. The van der Waals surface area contributed by atoms with Gasteiger partial charge >= 0.3 is 0 Å². The molecule has 6 nitrogen and oxygen atoms in total. The molecule has 0 unspecified atom stereocenters. The molecule has 0 bridgehead atoms. The molecule has 35 heavy (non-hydrogen) atoms. The van der Waals surface area contributed by atoms with Crippen LogP contribution in [-0.4, -0.2) is 20.7 Å². The zero-order chi connectivity index (χ0) is 23.9. The van der Waals surface area contributed by atoms with Crippen molar-refractivity contribution >= 4 is 33.3 Å². The maximum atomic E-state index is 12.7. The molecule has 3 heterocycles. The molecule has 1 amide bonds. The van der Waals surface area contributed by atoms with Gasteiger partial charge in [0.05, 0.1) is 15.9 Å². The number of thiazole rings is 1. The standard InChI is InChI=1S/C28H24N4O2S/c1-17-6-5-7-19(14-17)16-34-21-12-10-20(11-13-21)22-15-25(33)30-27-26(22)18(2)31-32(27)28-29-23-8-3-4-9-24(23)35-28/h3-14,22H,15-16H2,1-2H3,(H,30,33)/t22-/m1/s1. The number of aromatic nitrogens is 3. The van der Waals surface area contributed by atoms with Crippen LogP contribution in [-0.2, 0) is 11.4 Å². The van der Waals surface area contributed by atoms with Crippen LogP contribution in [0.2, 0.25) is 0 Å². The first-order valence-electron chi connectivity index (χ1n) is 11.6. The highest BCUT2D eigenvalue weighted by atomic mass is 32.1. The SMILES string of the molecule is Cc1cccc(COc2ccc([C@H]3CC(=O)Nc4c3c(C)nn4-c3nc4ccccc4s3)cc2)c1. The number of nitrogens with one attached hydrogen (secondary N) is 1. The normalized spacial score (nSPS) is 15.1. The second-order valence-electron chi connectivity index (χ2n) is 8.88. The lowest BCUT2D eigenvalue weighted by molar-refractivity contribution is -0.116. The molecule has 1 atom stereocenters. The molecule has 1 N–H and O–H groups in total. The van der Waals surface area contributed by atoms with Gasteiger partial charge in [0.1, 0.15) is 18.2 Å². The molecule has 1 aliphatic rings. The van der Waals surface area contributed by atoms with E-state index in [1.807, 2.05) is 61.5 Å². The Hall–Kier alpha value is -3.97. The molecule has 3 aromatic carbocycles. The Morgan fingerprint density at radius 3 is 2.69 bits per heavy atom. The van der Waals surface area contributed by atoms with E-state index >= 15 is 0 Å². The average Bonchev–Trinajstić information content (AvgIpc) is 3.43. The number of hydrogen-bond acceptors (Lipinski definition) is 5. The van der Waals surface area contributed by atoms with E-state index in [1.165, 1.54) is 5.56 Å². The molecule has 0 fully saturated rings. The summed E-state index contributed by atoms with van der Waals surface area (Å²) in [5.41, 5.74) is 6.28. The maximum Gasteiger partial charge on any atom is 0.226 e. The van der Waals surface area contributed by atoms with Crippen LogP contribution in [0.25, 0.3) is 15.3 Å². The van der Waals surface area contributed by atoms with Gasteiger partial charge in [0.25, 0.3) is 0 Å². The molecule has 7 heteroatoms. The van der Waals surface area contributed by atoms with Gasteiger partial charge in [0.2, 0.25) is 11.0 Å². The number of para-hydroxylation sites is 1. The summed E-state index contributed by atoms with van der Waals surface area (Å²) >= 11 is 1.56. The molecular formula is C28H24N4O2S. The van der Waals surface area contributed by atoms with Crippen LogP contribution in [0.1, 0.15) is 40.3 Å². The summed E-state index contributed by atoms with van der Waals surface area (Å²) in [7, 11) is 0. The largest absolute Gasteiger partial charge is 0.489 e. The second-order valence-corrected chi connectivity index (χ2v) is 9.88. The number of hydrogen-bond donors (Lipinski definition) is 1. The summed E-state index contributed by atoms with van der Waals surface area (Å²) in [6.07, 6.45) is 0.378. The quantitative estimate of drug-likeness (QED) is 0.327. The van der Waals surface area contributed by atoms with Crippen molar-refractivity contribution in [3.63, 3.8) is 0 Å². The lowest BCUT2D eigenvalue weighted by Crippen LogP contribution is -2.24. The van der Waals surface area contributed by atoms with Crippen molar-refractivity contribution in [3.05, 3.63) is 101 Å². The highest BCUT2D eigenvalue weighted by Gasteiger charge is 2.33. The van der Waals surface area contributed by atoms with Crippen LogP contribution in [0.4, 0.5) is 5.82 Å². The van der Waals surface area contributed by atoms with Gasteiger partial charge < -0.3 is 10.1 Å². The Labute approximate surface area is 207 Å². The molecule has 0 aliphatic carbocycles. The van der Waals surface area contributed by atoms with Gasteiger partial charge in [-0.3, -0.25) is 4.79 Å². The first kappa shape index (κ1) is 21.6. The Morgan fingerprint density at radius 1 is 1.06 bits per heavy atom. The number of nitrogens with zero attached hydrogens (tertiary/aromatic N) is 3. The van der Waals surface area contributed by atoms with Crippen LogP contribution in [0.5, 0.6) is 5.75 Å². The van der Waals surface area contributed by atoms with Gasteiger partial charge in [-0.1, -0.05) is 65.4 Å². The highest BCUT2D eigenvalue weighted by Crippen LogP contribution is 2.41. The fourth-order valence-corrected chi connectivity index (χ4v) is 5.61. The van der Waals surface area contributed by atoms with Crippen molar-refractivity contribution in [2.45, 2.75) is 32.8 Å². The van der Waals surface area contributed by atoms with Crippen LogP contribution >= 0.6 is 11.3 Å². The predicted octanol–water partition coefficient (Wildman–Crippen LogP) is 6.15. The van der Waals surface area contributed by atoms with E-state index in [0.717, 1.165) is 43.5 Å². The summed E-state index contributed by atoms with van der Waals surface area (Å²) in [6, 6.07) is 24.4. The molecule has 6 rings (SSSR count). The second kappa shape index (κ2) is 8.67. The number of rotatable bonds is 5. The molecule has 0 saturated heterocycles. The summed E-state index contributed by atoms with van der Waals surface area (Å²) in [5, 5.41) is 8.58. The number of benzene rings is 3. The zero-order valence-electron chi connectivity index (χ0n) is 19.5. The first-order chi connectivity index (χ1) is 17.0. The van der Waals surface area contributed by atoms with Crippen molar-refractivity contribution in [2.75, 3.05) is 5.32 Å². The Balaban J connectivity index is 1.29. The van der Waals surface area contributed by atoms with Crippen molar-refractivity contribution in [3.8, 4) is 10.9 Å². The molecule has 174 valence electrons. The van der Waals surface area contributed by atoms with E-state index in [0.29, 0.717) is 18.8 Å². The van der Waals surface area contributed by atoms with Gasteiger partial charge in [-0.05, 0) is 49.2 Å². The van der Waals surface area contributed by atoms with Crippen molar-refractivity contribution in [2.24, 2.45) is 0 Å². The fraction of sp³-hybridized carbons (Fsp3) is 0.179. The molecule has 0 spiro atoms. The van der Waals surface area contributed by atoms with Gasteiger partial charge in [0, 0.05) is 17.9 Å². The van der Waals surface area contributed by atoms with E-state index in [-0.39, 0.29) is 11.8 Å². The third kappa shape index (κ3) is 4.08. The van der Waals surface area contributed by atoms with E-state index < -0.39 is 0 Å². The third-order valence-electron chi connectivity index (χ3n) is 6.34. The number of aryl methyl sites for hydroxylation is 2.